The molecule has 0 saturated carbocycles. The van der Waals surface area contributed by atoms with Crippen LogP contribution in [-0.4, -0.2) is 36.2 Å². The molecule has 2 amide bonds. The van der Waals surface area contributed by atoms with Crippen molar-refractivity contribution in [2.45, 2.75) is 13.0 Å². The van der Waals surface area contributed by atoms with E-state index in [0.29, 0.717) is 17.0 Å². The van der Waals surface area contributed by atoms with E-state index in [1.165, 1.54) is 37.3 Å². The van der Waals surface area contributed by atoms with Gasteiger partial charge >= 0.3 is 0 Å². The molecule has 3 N–H and O–H groups in total. The molecule has 0 aromatic heterocycles. The average molecular weight is 346 g/mol. The van der Waals surface area contributed by atoms with E-state index in [-0.39, 0.29) is 30.8 Å². The van der Waals surface area contributed by atoms with Gasteiger partial charge in [-0.25, -0.2) is 4.39 Å². The van der Waals surface area contributed by atoms with Crippen molar-refractivity contribution < 1.29 is 23.8 Å². The standard InChI is InChI=1S/C18H19FN2O4/c1-12(22)21-15-4-2-3-13(9-15)18(24)20-10-16(23)11-25-17-7-5-14(19)6-8-17/h2-9,16,23H,10-11H2,1H3,(H,20,24)(H,21,22). The Balaban J connectivity index is 1.80. The molecule has 2 aromatic rings. The molecule has 7 heteroatoms. The highest BCUT2D eigenvalue weighted by Crippen LogP contribution is 2.12. The molecule has 0 bridgehead atoms. The summed E-state index contributed by atoms with van der Waals surface area (Å²) in [5.74, 6) is -0.560. The number of halogens is 1. The highest BCUT2D eigenvalue weighted by atomic mass is 19.1. The summed E-state index contributed by atoms with van der Waals surface area (Å²) in [6.07, 6.45) is -0.924. The van der Waals surface area contributed by atoms with Crippen molar-refractivity contribution in [3.8, 4) is 5.75 Å². The summed E-state index contributed by atoms with van der Waals surface area (Å²) in [6, 6.07) is 11.9. The number of aliphatic hydroxyl groups is 1. The number of amides is 2. The number of hydrogen-bond acceptors (Lipinski definition) is 4. The molecule has 2 aromatic carbocycles. The van der Waals surface area contributed by atoms with Crippen LogP contribution in [0.1, 0.15) is 17.3 Å². The quantitative estimate of drug-likeness (QED) is 0.715. The lowest BCUT2D eigenvalue weighted by Gasteiger charge is -2.13. The minimum atomic E-state index is -0.924. The Kier molecular flexibility index (Phi) is 6.47. The molecule has 0 spiro atoms. The molecule has 0 aliphatic heterocycles. The van der Waals surface area contributed by atoms with Gasteiger partial charge in [-0.3, -0.25) is 9.59 Å². The van der Waals surface area contributed by atoms with Gasteiger partial charge in [0.05, 0.1) is 0 Å². The number of benzene rings is 2. The molecule has 0 aliphatic carbocycles. The lowest BCUT2D eigenvalue weighted by Crippen LogP contribution is -2.35. The molecular formula is C18H19FN2O4. The molecule has 0 radical (unpaired) electrons. The fourth-order valence-electron chi connectivity index (χ4n) is 2.04. The summed E-state index contributed by atoms with van der Waals surface area (Å²) < 4.78 is 18.1. The number of aliphatic hydroxyl groups excluding tert-OH is 1. The molecule has 1 atom stereocenters. The summed E-state index contributed by atoms with van der Waals surface area (Å²) in [5.41, 5.74) is 0.873. The van der Waals surface area contributed by atoms with E-state index < -0.39 is 6.10 Å². The summed E-state index contributed by atoms with van der Waals surface area (Å²) in [6.45, 7) is 1.33. The molecule has 0 aliphatic rings. The molecule has 2 rings (SSSR count). The molecule has 6 nitrogen and oxygen atoms in total. The van der Waals surface area contributed by atoms with Crippen LogP contribution in [-0.2, 0) is 4.79 Å². The van der Waals surface area contributed by atoms with Gasteiger partial charge in [0.25, 0.3) is 5.91 Å². The molecule has 0 saturated heterocycles. The van der Waals surface area contributed by atoms with Crippen LogP contribution in [0.5, 0.6) is 5.75 Å². The van der Waals surface area contributed by atoms with Crippen LogP contribution >= 0.6 is 0 Å². The van der Waals surface area contributed by atoms with Crippen LogP contribution < -0.4 is 15.4 Å². The lowest BCUT2D eigenvalue weighted by atomic mass is 10.2. The van der Waals surface area contributed by atoms with Crippen molar-refractivity contribution in [1.29, 1.82) is 0 Å². The maximum Gasteiger partial charge on any atom is 0.251 e. The number of carbonyl (C=O) groups excluding carboxylic acids is 2. The summed E-state index contributed by atoms with van der Waals surface area (Å²) in [4.78, 5) is 23.1. The van der Waals surface area contributed by atoms with E-state index in [0.717, 1.165) is 0 Å². The van der Waals surface area contributed by atoms with Gasteiger partial charge in [-0.2, -0.15) is 0 Å². The molecule has 0 fully saturated rings. The minimum Gasteiger partial charge on any atom is -0.491 e. The van der Waals surface area contributed by atoms with Gasteiger partial charge < -0.3 is 20.5 Å². The number of carbonyl (C=O) groups is 2. The summed E-state index contributed by atoms with van der Waals surface area (Å²) in [7, 11) is 0. The third kappa shape index (κ3) is 6.23. The van der Waals surface area contributed by atoms with Crippen molar-refractivity contribution in [3.05, 3.63) is 59.9 Å². The first kappa shape index (κ1) is 18.4. The van der Waals surface area contributed by atoms with E-state index >= 15 is 0 Å². The second kappa shape index (κ2) is 8.79. The zero-order valence-corrected chi connectivity index (χ0v) is 13.7. The second-order valence-electron chi connectivity index (χ2n) is 5.39. The highest BCUT2D eigenvalue weighted by Gasteiger charge is 2.10. The zero-order chi connectivity index (χ0) is 18.2. The zero-order valence-electron chi connectivity index (χ0n) is 13.7. The normalized spacial score (nSPS) is 11.5. The van der Waals surface area contributed by atoms with Gasteiger partial charge in [0, 0.05) is 24.7 Å². The summed E-state index contributed by atoms with van der Waals surface area (Å²) in [5, 5.41) is 15.0. The number of rotatable bonds is 7. The van der Waals surface area contributed by atoms with Crippen molar-refractivity contribution in [2.24, 2.45) is 0 Å². The first-order chi connectivity index (χ1) is 11.9. The topological polar surface area (TPSA) is 87.7 Å². The largest absolute Gasteiger partial charge is 0.491 e. The Morgan fingerprint density at radius 2 is 1.92 bits per heavy atom. The molecule has 132 valence electrons. The lowest BCUT2D eigenvalue weighted by molar-refractivity contribution is -0.114. The van der Waals surface area contributed by atoms with Crippen LogP contribution in [0.15, 0.2) is 48.5 Å². The van der Waals surface area contributed by atoms with E-state index in [4.69, 9.17) is 4.74 Å². The maximum atomic E-state index is 12.8. The third-order valence-corrected chi connectivity index (χ3v) is 3.20. The Bertz CT molecular complexity index is 734. The van der Waals surface area contributed by atoms with Crippen molar-refractivity contribution in [1.82, 2.24) is 5.32 Å². The first-order valence-electron chi connectivity index (χ1n) is 7.66. The molecule has 25 heavy (non-hydrogen) atoms. The number of anilines is 1. The van der Waals surface area contributed by atoms with E-state index in [2.05, 4.69) is 10.6 Å². The Morgan fingerprint density at radius 3 is 2.60 bits per heavy atom. The predicted octanol–water partition coefficient (Wildman–Crippen LogP) is 1.95. The predicted molar refractivity (Wildman–Crippen MR) is 91.0 cm³/mol. The van der Waals surface area contributed by atoms with E-state index in [1.54, 1.807) is 18.2 Å². The SMILES string of the molecule is CC(=O)Nc1cccc(C(=O)NCC(O)COc2ccc(F)cc2)c1. The molecular weight excluding hydrogens is 327 g/mol. The number of hydrogen-bond donors (Lipinski definition) is 3. The maximum absolute atomic E-state index is 12.8. The number of nitrogens with one attached hydrogen (secondary N) is 2. The van der Waals surface area contributed by atoms with Gasteiger partial charge in [0.2, 0.25) is 5.91 Å². The van der Waals surface area contributed by atoms with E-state index in [1.807, 2.05) is 0 Å². The van der Waals surface area contributed by atoms with Gasteiger partial charge in [-0.05, 0) is 42.5 Å². The Labute approximate surface area is 144 Å². The van der Waals surface area contributed by atoms with Gasteiger partial charge in [0.15, 0.2) is 0 Å². The second-order valence-corrected chi connectivity index (χ2v) is 5.39. The third-order valence-electron chi connectivity index (χ3n) is 3.20. The highest BCUT2D eigenvalue weighted by molar-refractivity contribution is 5.96. The van der Waals surface area contributed by atoms with Crippen molar-refractivity contribution in [3.63, 3.8) is 0 Å². The average Bonchev–Trinajstić information content (AvgIpc) is 2.59. The van der Waals surface area contributed by atoms with Crippen molar-refractivity contribution >= 4 is 17.5 Å². The van der Waals surface area contributed by atoms with Crippen LogP contribution in [0.3, 0.4) is 0 Å². The number of ether oxygens (including phenoxy) is 1. The van der Waals surface area contributed by atoms with E-state index in [9.17, 15) is 19.1 Å². The Morgan fingerprint density at radius 1 is 1.20 bits per heavy atom. The molecule has 0 heterocycles. The monoisotopic (exact) mass is 346 g/mol. The fourth-order valence-corrected chi connectivity index (χ4v) is 2.04. The fraction of sp³-hybridized carbons (Fsp3) is 0.222. The van der Waals surface area contributed by atoms with Crippen LogP contribution in [0.2, 0.25) is 0 Å². The van der Waals surface area contributed by atoms with Crippen LogP contribution in [0.4, 0.5) is 10.1 Å². The smallest absolute Gasteiger partial charge is 0.251 e. The van der Waals surface area contributed by atoms with Gasteiger partial charge in [0.1, 0.15) is 24.3 Å². The first-order valence-corrected chi connectivity index (χ1v) is 7.66. The Hall–Kier alpha value is -2.93. The van der Waals surface area contributed by atoms with Crippen LogP contribution in [0, 0.1) is 5.82 Å². The summed E-state index contributed by atoms with van der Waals surface area (Å²) >= 11 is 0. The van der Waals surface area contributed by atoms with Gasteiger partial charge in [-0.1, -0.05) is 6.07 Å². The molecule has 1 unspecified atom stereocenters. The minimum absolute atomic E-state index is 0.00953. The van der Waals surface area contributed by atoms with Gasteiger partial charge in [-0.15, -0.1) is 0 Å². The van der Waals surface area contributed by atoms with Crippen LogP contribution in [0.25, 0.3) is 0 Å². The van der Waals surface area contributed by atoms with Crippen molar-refractivity contribution in [2.75, 3.05) is 18.5 Å².